The first-order valence-corrected chi connectivity index (χ1v) is 12.9. The average Bonchev–Trinajstić information content (AvgIpc) is 2.87. The molecule has 0 aliphatic heterocycles. The second-order valence-electron chi connectivity index (χ2n) is 8.59. The summed E-state index contributed by atoms with van der Waals surface area (Å²) in [4.78, 5) is 28.4. The minimum Gasteiger partial charge on any atom is -0.494 e. The summed E-state index contributed by atoms with van der Waals surface area (Å²) >= 11 is 12.9. The van der Waals surface area contributed by atoms with Gasteiger partial charge in [0.25, 0.3) is 0 Å². The molecule has 0 fully saturated rings. The van der Waals surface area contributed by atoms with E-state index in [4.69, 9.17) is 27.9 Å². The molecule has 3 aromatic carbocycles. The number of hydrogen-bond acceptors (Lipinski definition) is 3. The molecule has 0 heterocycles. The van der Waals surface area contributed by atoms with Gasteiger partial charge in [0, 0.05) is 41.5 Å². The van der Waals surface area contributed by atoms with E-state index in [2.05, 4.69) is 5.32 Å². The van der Waals surface area contributed by atoms with Gasteiger partial charge in [-0.25, -0.2) is 0 Å². The first-order chi connectivity index (χ1) is 17.4. The largest absolute Gasteiger partial charge is 0.494 e. The molecule has 3 rings (SSSR count). The minimum atomic E-state index is -0.717. The van der Waals surface area contributed by atoms with Crippen molar-refractivity contribution in [1.29, 1.82) is 0 Å². The van der Waals surface area contributed by atoms with Crippen molar-refractivity contribution in [1.82, 2.24) is 10.2 Å². The Morgan fingerprint density at radius 3 is 2.25 bits per heavy atom. The highest BCUT2D eigenvalue weighted by molar-refractivity contribution is 6.36. The summed E-state index contributed by atoms with van der Waals surface area (Å²) in [6.07, 6.45) is 1.10. The molecular formula is C29H32Cl2N2O3. The zero-order valence-electron chi connectivity index (χ0n) is 20.7. The van der Waals surface area contributed by atoms with Gasteiger partial charge in [-0.3, -0.25) is 9.59 Å². The Morgan fingerprint density at radius 2 is 1.61 bits per heavy atom. The number of nitrogens with zero attached hydrogens (tertiary/aromatic N) is 1. The topological polar surface area (TPSA) is 58.6 Å². The molecule has 0 radical (unpaired) electrons. The number of rotatable bonds is 12. The monoisotopic (exact) mass is 526 g/mol. The quantitative estimate of drug-likeness (QED) is 0.284. The van der Waals surface area contributed by atoms with Crippen LogP contribution in [0.5, 0.6) is 5.75 Å². The number of ether oxygens (including phenoxy) is 1. The summed E-state index contributed by atoms with van der Waals surface area (Å²) in [6, 6.07) is 22.0. The van der Waals surface area contributed by atoms with Crippen LogP contribution >= 0.6 is 23.2 Å². The Bertz CT molecular complexity index is 1120. The number of amides is 2. The molecule has 1 unspecified atom stereocenters. The highest BCUT2D eigenvalue weighted by Gasteiger charge is 2.30. The van der Waals surface area contributed by atoms with Gasteiger partial charge in [-0.05, 0) is 50.1 Å². The Balaban J connectivity index is 1.81. The van der Waals surface area contributed by atoms with E-state index in [-0.39, 0.29) is 24.8 Å². The standard InChI is InChI=1S/C29H32Cl2N2O3/c1-3-32-29(35)27(19-22-9-5-4-6-10-22)33(20-24-25(30)11-7-12-26(24)31)28(34)13-8-18-36-23-16-14-21(2)15-17-23/h4-7,9-12,14-17,27H,3,8,13,18-20H2,1-2H3,(H,32,35). The smallest absolute Gasteiger partial charge is 0.243 e. The van der Waals surface area contributed by atoms with Crippen molar-refractivity contribution in [3.63, 3.8) is 0 Å². The summed E-state index contributed by atoms with van der Waals surface area (Å²) < 4.78 is 5.80. The fourth-order valence-corrected chi connectivity index (χ4v) is 4.41. The van der Waals surface area contributed by atoms with E-state index in [9.17, 15) is 9.59 Å². The number of benzene rings is 3. The van der Waals surface area contributed by atoms with Gasteiger partial charge in [-0.15, -0.1) is 0 Å². The first kappa shape index (κ1) is 27.6. The fourth-order valence-electron chi connectivity index (χ4n) is 3.89. The van der Waals surface area contributed by atoms with E-state index in [1.165, 1.54) is 0 Å². The van der Waals surface area contributed by atoms with Crippen LogP contribution in [0.3, 0.4) is 0 Å². The van der Waals surface area contributed by atoms with Crippen LogP contribution in [-0.4, -0.2) is 35.9 Å². The number of carbonyl (C=O) groups excluding carboxylic acids is 2. The maximum Gasteiger partial charge on any atom is 0.243 e. The number of likely N-dealkylation sites (N-methyl/N-ethyl adjacent to an activating group) is 1. The molecule has 5 nitrogen and oxygen atoms in total. The lowest BCUT2D eigenvalue weighted by Crippen LogP contribution is -2.50. The van der Waals surface area contributed by atoms with Gasteiger partial charge >= 0.3 is 0 Å². The van der Waals surface area contributed by atoms with Gasteiger partial charge in [0.05, 0.1) is 6.61 Å². The zero-order chi connectivity index (χ0) is 25.9. The Labute approximate surface area is 223 Å². The third kappa shape index (κ3) is 8.00. The lowest BCUT2D eigenvalue weighted by atomic mass is 10.0. The number of nitrogens with one attached hydrogen (secondary N) is 1. The molecule has 1 atom stereocenters. The predicted molar refractivity (Wildman–Crippen MR) is 146 cm³/mol. The van der Waals surface area contributed by atoms with E-state index in [1.807, 2.05) is 68.4 Å². The van der Waals surface area contributed by atoms with Crippen molar-refractivity contribution in [2.75, 3.05) is 13.2 Å². The van der Waals surface area contributed by atoms with E-state index >= 15 is 0 Å². The SMILES string of the molecule is CCNC(=O)C(Cc1ccccc1)N(Cc1c(Cl)cccc1Cl)C(=O)CCCOc1ccc(C)cc1. The molecule has 0 aliphatic carbocycles. The van der Waals surface area contributed by atoms with Gasteiger partial charge in [-0.2, -0.15) is 0 Å². The highest BCUT2D eigenvalue weighted by atomic mass is 35.5. The van der Waals surface area contributed by atoms with Gasteiger partial charge in [0.2, 0.25) is 11.8 Å². The maximum absolute atomic E-state index is 13.6. The second-order valence-corrected chi connectivity index (χ2v) is 9.40. The second kappa shape index (κ2) is 13.9. The summed E-state index contributed by atoms with van der Waals surface area (Å²) in [6.45, 7) is 4.86. The van der Waals surface area contributed by atoms with Gasteiger partial charge in [-0.1, -0.05) is 77.3 Å². The van der Waals surface area contributed by atoms with Crippen molar-refractivity contribution in [3.05, 3.63) is 99.5 Å². The van der Waals surface area contributed by atoms with Crippen LogP contribution in [0.1, 0.15) is 36.5 Å². The first-order valence-electron chi connectivity index (χ1n) is 12.1. The van der Waals surface area contributed by atoms with Crippen LogP contribution in [0, 0.1) is 6.92 Å². The van der Waals surface area contributed by atoms with Crippen molar-refractivity contribution in [3.8, 4) is 5.75 Å². The van der Waals surface area contributed by atoms with Crippen molar-refractivity contribution in [2.45, 2.75) is 45.7 Å². The number of carbonyl (C=O) groups is 2. The Kier molecular flexibility index (Phi) is 10.6. The summed E-state index contributed by atoms with van der Waals surface area (Å²) in [5, 5.41) is 3.80. The van der Waals surface area contributed by atoms with Crippen LogP contribution in [0.25, 0.3) is 0 Å². The fraction of sp³-hybridized carbons (Fsp3) is 0.310. The van der Waals surface area contributed by atoms with E-state index in [0.717, 1.165) is 16.9 Å². The van der Waals surface area contributed by atoms with Crippen molar-refractivity contribution >= 4 is 35.0 Å². The van der Waals surface area contributed by atoms with Gasteiger partial charge in [0.1, 0.15) is 11.8 Å². The number of aryl methyl sites for hydroxylation is 1. The summed E-state index contributed by atoms with van der Waals surface area (Å²) in [5.41, 5.74) is 2.73. The minimum absolute atomic E-state index is 0.130. The molecule has 0 aliphatic rings. The average molecular weight is 527 g/mol. The molecule has 3 aromatic rings. The zero-order valence-corrected chi connectivity index (χ0v) is 22.2. The molecule has 190 valence electrons. The third-order valence-corrected chi connectivity index (χ3v) is 6.55. The van der Waals surface area contributed by atoms with Crippen LogP contribution in [-0.2, 0) is 22.6 Å². The highest BCUT2D eigenvalue weighted by Crippen LogP contribution is 2.27. The summed E-state index contributed by atoms with van der Waals surface area (Å²) in [7, 11) is 0. The number of hydrogen-bond donors (Lipinski definition) is 1. The lowest BCUT2D eigenvalue weighted by Gasteiger charge is -2.32. The van der Waals surface area contributed by atoms with Gasteiger partial charge < -0.3 is 15.0 Å². The lowest BCUT2D eigenvalue weighted by molar-refractivity contribution is -0.141. The normalized spacial score (nSPS) is 11.6. The van der Waals surface area contributed by atoms with Crippen molar-refractivity contribution < 1.29 is 14.3 Å². The predicted octanol–water partition coefficient (Wildman–Crippen LogP) is 6.24. The molecule has 0 saturated carbocycles. The van der Waals surface area contributed by atoms with Crippen LogP contribution in [0.2, 0.25) is 10.0 Å². The number of halogens is 2. The molecule has 36 heavy (non-hydrogen) atoms. The molecule has 2 amide bonds. The molecular weight excluding hydrogens is 495 g/mol. The summed E-state index contributed by atoms with van der Waals surface area (Å²) in [5.74, 6) is 0.386. The molecule has 0 bridgehead atoms. The van der Waals surface area contributed by atoms with E-state index < -0.39 is 6.04 Å². The molecule has 0 aromatic heterocycles. The van der Waals surface area contributed by atoms with Gasteiger partial charge in [0.15, 0.2) is 0 Å². The van der Waals surface area contributed by atoms with Crippen LogP contribution in [0.15, 0.2) is 72.8 Å². The van der Waals surface area contributed by atoms with Crippen molar-refractivity contribution in [2.24, 2.45) is 0 Å². The Morgan fingerprint density at radius 1 is 0.944 bits per heavy atom. The van der Waals surface area contributed by atoms with E-state index in [1.54, 1.807) is 23.1 Å². The molecule has 0 saturated heterocycles. The molecule has 0 spiro atoms. The Hall–Kier alpha value is -3.02. The molecule has 7 heteroatoms. The van der Waals surface area contributed by atoms with Crippen LogP contribution < -0.4 is 10.1 Å². The third-order valence-electron chi connectivity index (χ3n) is 5.84. The van der Waals surface area contributed by atoms with Crippen LogP contribution in [0.4, 0.5) is 0 Å². The molecule has 1 N–H and O–H groups in total. The van der Waals surface area contributed by atoms with E-state index in [0.29, 0.717) is 41.6 Å². The maximum atomic E-state index is 13.6.